The molecule has 0 spiro atoms. The van der Waals surface area contributed by atoms with Gasteiger partial charge in [0.1, 0.15) is 0 Å². The van der Waals surface area contributed by atoms with Crippen LogP contribution >= 0.6 is 11.8 Å². The number of carbonyl (C=O) groups excluding carboxylic acids is 1. The summed E-state index contributed by atoms with van der Waals surface area (Å²) in [5.41, 5.74) is 7.08. The minimum Gasteiger partial charge on any atom is -0.395 e. The molecule has 0 fully saturated rings. The van der Waals surface area contributed by atoms with Crippen molar-refractivity contribution in [3.05, 3.63) is 24.0 Å². The Morgan fingerprint density at radius 3 is 3.06 bits per heavy atom. The van der Waals surface area contributed by atoms with E-state index in [1.54, 1.807) is 18.7 Å². The fourth-order valence-corrected chi connectivity index (χ4v) is 1.68. The number of nitrogens with zero attached hydrogens (tertiary/aromatic N) is 1. The number of thioether (sulfide) groups is 1. The lowest BCUT2D eigenvalue weighted by atomic mass is 10.3. The molecule has 0 radical (unpaired) electrons. The smallest absolute Gasteiger partial charge is 0.273 e. The molecule has 0 aliphatic rings. The molecule has 1 rings (SSSR count). The van der Waals surface area contributed by atoms with Gasteiger partial charge < -0.3 is 11.1 Å². The predicted octanol–water partition coefficient (Wildman–Crippen LogP) is 0.949. The van der Waals surface area contributed by atoms with Crippen LogP contribution in [0.3, 0.4) is 0 Å². The van der Waals surface area contributed by atoms with Crippen molar-refractivity contribution in [1.29, 1.82) is 0 Å². The van der Waals surface area contributed by atoms with Crippen molar-refractivity contribution in [2.75, 3.05) is 23.8 Å². The number of amides is 1. The lowest BCUT2D eigenvalue weighted by Crippen LogP contribution is -2.26. The van der Waals surface area contributed by atoms with Crippen molar-refractivity contribution in [2.45, 2.75) is 6.92 Å². The number of H-pyrrole nitrogens is 1. The minimum absolute atomic E-state index is 0.235. The van der Waals surface area contributed by atoms with E-state index >= 15 is 0 Å². The molecule has 0 saturated carbocycles. The Bertz CT molecular complexity index is 375. The molecule has 6 heteroatoms. The first kappa shape index (κ1) is 12.6. The van der Waals surface area contributed by atoms with E-state index in [1.807, 2.05) is 6.08 Å². The van der Waals surface area contributed by atoms with Crippen LogP contribution in [0, 0.1) is 6.92 Å². The molecule has 1 aromatic rings. The number of anilines is 1. The first-order chi connectivity index (χ1) is 7.66. The van der Waals surface area contributed by atoms with Crippen LogP contribution in [-0.2, 0) is 0 Å². The molecule has 5 nitrogen and oxygen atoms in total. The van der Waals surface area contributed by atoms with Gasteiger partial charge in [-0.2, -0.15) is 16.9 Å². The maximum Gasteiger partial charge on any atom is 0.273 e. The zero-order valence-electron chi connectivity index (χ0n) is 9.25. The van der Waals surface area contributed by atoms with Crippen LogP contribution in [0.4, 0.5) is 5.69 Å². The van der Waals surface area contributed by atoms with Gasteiger partial charge in [-0.05, 0) is 6.92 Å². The van der Waals surface area contributed by atoms with Crippen molar-refractivity contribution in [1.82, 2.24) is 15.5 Å². The van der Waals surface area contributed by atoms with E-state index in [0.29, 0.717) is 17.9 Å². The van der Waals surface area contributed by atoms with E-state index in [4.69, 9.17) is 5.73 Å². The van der Waals surface area contributed by atoms with E-state index in [9.17, 15) is 4.79 Å². The molecule has 0 atom stereocenters. The lowest BCUT2D eigenvalue weighted by molar-refractivity contribution is 0.0952. The standard InChI is InChI=1S/C10H16N4OS/c1-3-5-16-6-4-12-10(15)9-8(11)7(2)13-14-9/h3H,1,4-6,11H2,2H3,(H,12,15)(H,13,14). The van der Waals surface area contributed by atoms with Gasteiger partial charge in [0.05, 0.1) is 11.4 Å². The quantitative estimate of drug-likeness (QED) is 0.510. The molecular weight excluding hydrogens is 224 g/mol. The number of nitrogens with one attached hydrogen (secondary N) is 2. The maximum atomic E-state index is 11.6. The molecular formula is C10H16N4OS. The Kier molecular flexibility index (Phi) is 4.91. The Hall–Kier alpha value is -1.43. The first-order valence-electron chi connectivity index (χ1n) is 4.94. The highest BCUT2D eigenvalue weighted by molar-refractivity contribution is 7.99. The number of aromatic amines is 1. The van der Waals surface area contributed by atoms with Gasteiger partial charge in [0.25, 0.3) is 5.91 Å². The minimum atomic E-state index is -0.235. The number of nitrogens with two attached hydrogens (primary N) is 1. The average Bonchev–Trinajstić information content (AvgIpc) is 2.59. The summed E-state index contributed by atoms with van der Waals surface area (Å²) in [6.45, 7) is 5.99. The highest BCUT2D eigenvalue weighted by Gasteiger charge is 2.14. The normalized spacial score (nSPS) is 10.1. The van der Waals surface area contributed by atoms with Crippen LogP contribution in [-0.4, -0.2) is 34.2 Å². The zero-order chi connectivity index (χ0) is 12.0. The molecule has 1 aromatic heterocycles. The van der Waals surface area contributed by atoms with Crippen LogP contribution in [0.2, 0.25) is 0 Å². The first-order valence-corrected chi connectivity index (χ1v) is 6.09. The number of aromatic nitrogens is 2. The van der Waals surface area contributed by atoms with Crippen LogP contribution < -0.4 is 11.1 Å². The van der Waals surface area contributed by atoms with Crippen molar-refractivity contribution in [2.24, 2.45) is 0 Å². The number of aryl methyl sites for hydroxylation is 1. The van der Waals surface area contributed by atoms with E-state index in [2.05, 4.69) is 22.1 Å². The second-order valence-electron chi connectivity index (χ2n) is 3.23. The fourth-order valence-electron chi connectivity index (χ4n) is 1.10. The molecule has 0 aliphatic carbocycles. The van der Waals surface area contributed by atoms with Crippen molar-refractivity contribution in [3.8, 4) is 0 Å². The van der Waals surface area contributed by atoms with Crippen LogP contribution in [0.25, 0.3) is 0 Å². The lowest BCUT2D eigenvalue weighted by Gasteiger charge is -2.02. The molecule has 0 aromatic carbocycles. The number of hydrogen-bond acceptors (Lipinski definition) is 4. The Morgan fingerprint density at radius 2 is 2.50 bits per heavy atom. The molecule has 4 N–H and O–H groups in total. The van der Waals surface area contributed by atoms with Gasteiger partial charge in [0.2, 0.25) is 0 Å². The monoisotopic (exact) mass is 240 g/mol. The van der Waals surface area contributed by atoms with Gasteiger partial charge in [-0.25, -0.2) is 0 Å². The van der Waals surface area contributed by atoms with E-state index < -0.39 is 0 Å². The van der Waals surface area contributed by atoms with Crippen LogP contribution in [0.5, 0.6) is 0 Å². The third-order valence-electron chi connectivity index (χ3n) is 1.98. The van der Waals surface area contributed by atoms with Crippen LogP contribution in [0.1, 0.15) is 16.2 Å². The summed E-state index contributed by atoms with van der Waals surface area (Å²) in [5, 5.41) is 9.27. The van der Waals surface area contributed by atoms with Crippen LogP contribution in [0.15, 0.2) is 12.7 Å². The third-order valence-corrected chi connectivity index (χ3v) is 2.94. The second kappa shape index (κ2) is 6.22. The molecule has 0 aliphatic heterocycles. The molecule has 0 bridgehead atoms. The van der Waals surface area contributed by atoms with E-state index in [0.717, 1.165) is 11.5 Å². The summed E-state index contributed by atoms with van der Waals surface area (Å²) in [5.74, 6) is 1.50. The SMILES string of the molecule is C=CCSCCNC(=O)c1n[nH]c(C)c1N. The molecule has 1 heterocycles. The zero-order valence-corrected chi connectivity index (χ0v) is 10.1. The number of nitrogen functional groups attached to an aromatic ring is 1. The van der Waals surface area contributed by atoms with Gasteiger partial charge >= 0.3 is 0 Å². The van der Waals surface area contributed by atoms with Crippen molar-refractivity contribution in [3.63, 3.8) is 0 Å². The summed E-state index contributed by atoms with van der Waals surface area (Å²) < 4.78 is 0. The van der Waals surface area contributed by atoms with Crippen molar-refractivity contribution < 1.29 is 4.79 Å². The van der Waals surface area contributed by atoms with E-state index in [-0.39, 0.29) is 11.6 Å². The molecule has 1 amide bonds. The highest BCUT2D eigenvalue weighted by atomic mass is 32.2. The Balaban J connectivity index is 2.35. The Morgan fingerprint density at radius 1 is 1.75 bits per heavy atom. The number of rotatable bonds is 6. The number of hydrogen-bond donors (Lipinski definition) is 3. The summed E-state index contributed by atoms with van der Waals surface area (Å²) in [6.07, 6.45) is 1.83. The van der Waals surface area contributed by atoms with Crippen molar-refractivity contribution >= 4 is 23.4 Å². The summed E-state index contributed by atoms with van der Waals surface area (Å²) in [6, 6.07) is 0. The summed E-state index contributed by atoms with van der Waals surface area (Å²) >= 11 is 1.71. The summed E-state index contributed by atoms with van der Waals surface area (Å²) in [7, 11) is 0. The number of carbonyl (C=O) groups is 1. The van der Waals surface area contributed by atoms with Gasteiger partial charge in [-0.1, -0.05) is 6.08 Å². The fraction of sp³-hybridized carbons (Fsp3) is 0.400. The predicted molar refractivity (Wildman–Crippen MR) is 67.6 cm³/mol. The molecule has 16 heavy (non-hydrogen) atoms. The third kappa shape index (κ3) is 3.30. The summed E-state index contributed by atoms with van der Waals surface area (Å²) in [4.78, 5) is 11.6. The van der Waals surface area contributed by atoms with Gasteiger partial charge in [0.15, 0.2) is 5.69 Å². The van der Waals surface area contributed by atoms with E-state index in [1.165, 1.54) is 0 Å². The second-order valence-corrected chi connectivity index (χ2v) is 4.38. The molecule has 0 unspecified atom stereocenters. The topological polar surface area (TPSA) is 83.8 Å². The van der Waals surface area contributed by atoms with Gasteiger partial charge in [0, 0.05) is 18.1 Å². The highest BCUT2D eigenvalue weighted by Crippen LogP contribution is 2.11. The van der Waals surface area contributed by atoms with Gasteiger partial charge in [-0.15, -0.1) is 6.58 Å². The Labute approximate surface area is 98.9 Å². The maximum absolute atomic E-state index is 11.6. The van der Waals surface area contributed by atoms with Gasteiger partial charge in [-0.3, -0.25) is 9.89 Å². The average molecular weight is 240 g/mol. The molecule has 88 valence electrons. The largest absolute Gasteiger partial charge is 0.395 e. The molecule has 0 saturated heterocycles.